The van der Waals surface area contributed by atoms with Crippen molar-refractivity contribution in [3.63, 3.8) is 0 Å². The summed E-state index contributed by atoms with van der Waals surface area (Å²) in [5.41, 5.74) is 0.845. The van der Waals surface area contributed by atoms with Crippen molar-refractivity contribution in [2.24, 2.45) is 5.92 Å². The third-order valence-electron chi connectivity index (χ3n) is 2.78. The maximum absolute atomic E-state index is 11.8. The Balaban J connectivity index is 1.99. The van der Waals surface area contributed by atoms with Gasteiger partial charge < -0.3 is 10.4 Å². The molecule has 0 spiro atoms. The van der Waals surface area contributed by atoms with Gasteiger partial charge in [0.25, 0.3) is 0 Å². The molecule has 2 rings (SSSR count). The maximum atomic E-state index is 11.8. The minimum absolute atomic E-state index is 0.00847. The van der Waals surface area contributed by atoms with E-state index in [9.17, 15) is 9.59 Å². The van der Waals surface area contributed by atoms with Gasteiger partial charge in [-0.3, -0.25) is 4.79 Å². The van der Waals surface area contributed by atoms with Crippen LogP contribution in [-0.2, 0) is 4.79 Å². The molecule has 0 fully saturated rings. The molecule has 1 aliphatic carbocycles. The lowest BCUT2D eigenvalue weighted by molar-refractivity contribution is -0.119. The lowest BCUT2D eigenvalue weighted by Crippen LogP contribution is -2.20. The SMILES string of the molecule is O=C(O)c1ccc(NC(=O)C2CC=CC2)cc1. The molecular weight excluding hydrogens is 218 g/mol. The van der Waals surface area contributed by atoms with Gasteiger partial charge in [0.05, 0.1) is 5.56 Å². The van der Waals surface area contributed by atoms with Crippen LogP contribution in [0.3, 0.4) is 0 Å². The van der Waals surface area contributed by atoms with Gasteiger partial charge in [0.15, 0.2) is 0 Å². The zero-order valence-electron chi connectivity index (χ0n) is 9.22. The lowest BCUT2D eigenvalue weighted by atomic mass is 10.1. The summed E-state index contributed by atoms with van der Waals surface area (Å²) in [7, 11) is 0. The highest BCUT2D eigenvalue weighted by Gasteiger charge is 2.19. The van der Waals surface area contributed by atoms with Gasteiger partial charge >= 0.3 is 5.97 Å². The second kappa shape index (κ2) is 4.82. The Hall–Kier alpha value is -2.10. The first-order chi connectivity index (χ1) is 8.16. The van der Waals surface area contributed by atoms with Crippen LogP contribution in [0.15, 0.2) is 36.4 Å². The molecule has 0 heterocycles. The van der Waals surface area contributed by atoms with E-state index in [-0.39, 0.29) is 17.4 Å². The molecule has 0 aromatic heterocycles. The third kappa shape index (κ3) is 2.72. The van der Waals surface area contributed by atoms with E-state index in [1.165, 1.54) is 12.1 Å². The summed E-state index contributed by atoms with van der Waals surface area (Å²) in [5, 5.41) is 11.5. The Bertz CT molecular complexity index is 454. The predicted molar refractivity (Wildman–Crippen MR) is 63.9 cm³/mol. The average Bonchev–Trinajstić information content (AvgIpc) is 2.83. The summed E-state index contributed by atoms with van der Waals surface area (Å²) in [5.74, 6) is -0.977. The number of allylic oxidation sites excluding steroid dienone is 2. The van der Waals surface area contributed by atoms with Gasteiger partial charge in [0, 0.05) is 11.6 Å². The van der Waals surface area contributed by atoms with E-state index in [2.05, 4.69) is 5.32 Å². The van der Waals surface area contributed by atoms with Crippen LogP contribution in [0, 0.1) is 5.92 Å². The van der Waals surface area contributed by atoms with Crippen molar-refractivity contribution in [1.82, 2.24) is 0 Å². The highest BCUT2D eigenvalue weighted by Crippen LogP contribution is 2.20. The molecule has 88 valence electrons. The van der Waals surface area contributed by atoms with E-state index < -0.39 is 5.97 Å². The Kier molecular flexibility index (Phi) is 3.23. The number of carboxylic acids is 1. The fourth-order valence-electron chi connectivity index (χ4n) is 1.77. The maximum Gasteiger partial charge on any atom is 0.335 e. The fourth-order valence-corrected chi connectivity index (χ4v) is 1.77. The van der Waals surface area contributed by atoms with Crippen molar-refractivity contribution < 1.29 is 14.7 Å². The molecule has 0 aliphatic heterocycles. The quantitative estimate of drug-likeness (QED) is 0.784. The average molecular weight is 231 g/mol. The van der Waals surface area contributed by atoms with Crippen molar-refractivity contribution in [1.29, 1.82) is 0 Å². The number of amides is 1. The molecular formula is C13H13NO3. The second-order valence-corrected chi connectivity index (χ2v) is 4.01. The Morgan fingerprint density at radius 3 is 2.24 bits per heavy atom. The summed E-state index contributed by atoms with van der Waals surface area (Å²) in [6, 6.07) is 6.16. The first-order valence-electron chi connectivity index (χ1n) is 5.46. The summed E-state index contributed by atoms with van der Waals surface area (Å²) in [6.45, 7) is 0. The van der Waals surface area contributed by atoms with Crippen LogP contribution in [0.1, 0.15) is 23.2 Å². The van der Waals surface area contributed by atoms with Crippen LogP contribution in [0.5, 0.6) is 0 Å². The van der Waals surface area contributed by atoms with Crippen molar-refractivity contribution in [2.45, 2.75) is 12.8 Å². The van der Waals surface area contributed by atoms with E-state index in [0.717, 1.165) is 12.8 Å². The van der Waals surface area contributed by atoms with Crippen molar-refractivity contribution in [2.75, 3.05) is 5.32 Å². The van der Waals surface area contributed by atoms with Gasteiger partial charge in [-0.15, -0.1) is 0 Å². The number of carboxylic acid groups (broad SMARTS) is 1. The van der Waals surface area contributed by atoms with Gasteiger partial charge in [-0.25, -0.2) is 4.79 Å². The molecule has 4 heteroatoms. The summed E-state index contributed by atoms with van der Waals surface area (Å²) >= 11 is 0. The minimum Gasteiger partial charge on any atom is -0.478 e. The number of anilines is 1. The number of carbonyl (C=O) groups excluding carboxylic acids is 1. The lowest BCUT2D eigenvalue weighted by Gasteiger charge is -2.10. The molecule has 0 bridgehead atoms. The Morgan fingerprint density at radius 1 is 1.12 bits per heavy atom. The van der Waals surface area contributed by atoms with Crippen molar-refractivity contribution in [3.05, 3.63) is 42.0 Å². The van der Waals surface area contributed by atoms with E-state index in [0.29, 0.717) is 5.69 Å². The van der Waals surface area contributed by atoms with Crippen molar-refractivity contribution in [3.8, 4) is 0 Å². The van der Waals surface area contributed by atoms with Gasteiger partial charge in [-0.1, -0.05) is 12.2 Å². The highest BCUT2D eigenvalue weighted by atomic mass is 16.4. The van der Waals surface area contributed by atoms with Gasteiger partial charge in [0.2, 0.25) is 5.91 Å². The normalized spacial score (nSPS) is 14.8. The number of aromatic carboxylic acids is 1. The van der Waals surface area contributed by atoms with Crippen LogP contribution in [-0.4, -0.2) is 17.0 Å². The van der Waals surface area contributed by atoms with Crippen LogP contribution in [0.4, 0.5) is 5.69 Å². The summed E-state index contributed by atoms with van der Waals surface area (Å²) in [4.78, 5) is 22.4. The molecule has 4 nitrogen and oxygen atoms in total. The number of carbonyl (C=O) groups is 2. The number of benzene rings is 1. The number of hydrogen-bond acceptors (Lipinski definition) is 2. The first-order valence-corrected chi connectivity index (χ1v) is 5.46. The zero-order chi connectivity index (χ0) is 12.3. The van der Waals surface area contributed by atoms with Crippen LogP contribution >= 0.6 is 0 Å². The third-order valence-corrected chi connectivity index (χ3v) is 2.78. The van der Waals surface area contributed by atoms with Crippen LogP contribution in [0.25, 0.3) is 0 Å². The first kappa shape index (κ1) is 11.4. The number of hydrogen-bond donors (Lipinski definition) is 2. The van der Waals surface area contributed by atoms with Gasteiger partial charge in [0.1, 0.15) is 0 Å². The predicted octanol–water partition coefficient (Wildman–Crippen LogP) is 2.29. The van der Waals surface area contributed by atoms with E-state index >= 15 is 0 Å². The monoisotopic (exact) mass is 231 g/mol. The molecule has 0 atom stereocenters. The molecule has 0 radical (unpaired) electrons. The molecule has 1 aromatic carbocycles. The topological polar surface area (TPSA) is 66.4 Å². The summed E-state index contributed by atoms with van der Waals surface area (Å²) < 4.78 is 0. The summed E-state index contributed by atoms with van der Waals surface area (Å²) in [6.07, 6.45) is 5.55. The molecule has 0 unspecified atom stereocenters. The van der Waals surface area contributed by atoms with E-state index in [1.54, 1.807) is 12.1 Å². The van der Waals surface area contributed by atoms with Gasteiger partial charge in [-0.05, 0) is 37.1 Å². The molecule has 1 aromatic rings. The smallest absolute Gasteiger partial charge is 0.335 e. The Labute approximate surface area is 99.0 Å². The molecule has 1 aliphatic rings. The standard InChI is InChI=1S/C13H13NO3/c15-12(9-3-1-2-4-9)14-11-7-5-10(6-8-11)13(16)17/h1-2,5-9H,3-4H2,(H,14,15)(H,16,17). The van der Waals surface area contributed by atoms with Crippen molar-refractivity contribution >= 4 is 17.6 Å². The molecule has 17 heavy (non-hydrogen) atoms. The molecule has 2 N–H and O–H groups in total. The Morgan fingerprint density at radius 2 is 1.71 bits per heavy atom. The van der Waals surface area contributed by atoms with Crippen LogP contribution in [0.2, 0.25) is 0 Å². The van der Waals surface area contributed by atoms with E-state index in [1.807, 2.05) is 12.2 Å². The molecule has 1 amide bonds. The second-order valence-electron chi connectivity index (χ2n) is 4.01. The number of rotatable bonds is 3. The largest absolute Gasteiger partial charge is 0.478 e. The fraction of sp³-hybridized carbons (Fsp3) is 0.231. The minimum atomic E-state index is -0.970. The molecule has 0 saturated heterocycles. The van der Waals surface area contributed by atoms with Crippen LogP contribution < -0.4 is 5.32 Å². The molecule has 0 saturated carbocycles. The number of nitrogens with one attached hydrogen (secondary N) is 1. The van der Waals surface area contributed by atoms with E-state index in [4.69, 9.17) is 5.11 Å². The van der Waals surface area contributed by atoms with Gasteiger partial charge in [-0.2, -0.15) is 0 Å². The highest BCUT2D eigenvalue weighted by molar-refractivity contribution is 5.94. The zero-order valence-corrected chi connectivity index (χ0v) is 9.22.